The van der Waals surface area contributed by atoms with Gasteiger partial charge in [0, 0.05) is 10.3 Å². The number of hydrogen-bond donors (Lipinski definition) is 0. The molecule has 15 heavy (non-hydrogen) atoms. The number of unbranched alkanes of at least 4 members (excludes halogenated alkanes) is 2. The van der Waals surface area contributed by atoms with Crippen LogP contribution >= 0.6 is 22.6 Å². The van der Waals surface area contributed by atoms with Crippen molar-refractivity contribution in [2.45, 2.75) is 55.1 Å². The molecule has 0 heterocycles. The minimum absolute atomic E-state index is 0.417. The Morgan fingerprint density at radius 3 is 2.00 bits per heavy atom. The van der Waals surface area contributed by atoms with E-state index in [-0.39, 0.29) is 0 Å². The van der Waals surface area contributed by atoms with Crippen LogP contribution in [0.5, 0.6) is 0 Å². The van der Waals surface area contributed by atoms with Crippen molar-refractivity contribution in [1.29, 1.82) is 0 Å². The fourth-order valence-corrected chi connectivity index (χ4v) is 2.11. The summed E-state index contributed by atoms with van der Waals surface area (Å²) in [6.07, 6.45) is -3.60. The number of alkyl halides is 6. The molecule has 0 nitrogen and oxygen atoms in total. The van der Waals surface area contributed by atoms with Crippen LogP contribution in [-0.2, 0) is 0 Å². The van der Waals surface area contributed by atoms with Crippen LogP contribution in [0.15, 0.2) is 0 Å². The lowest BCUT2D eigenvalue weighted by molar-refractivity contribution is -0.283. The van der Waals surface area contributed by atoms with Crippen molar-refractivity contribution in [3.63, 3.8) is 0 Å². The topological polar surface area (TPSA) is 0 Å². The molecule has 0 fully saturated rings. The Bertz CT molecular complexity index is 178. The lowest BCUT2D eigenvalue weighted by atomic mass is 10.1. The predicted octanol–water partition coefficient (Wildman–Crippen LogP) is 4.96. The molecule has 0 spiro atoms. The average molecular weight is 344 g/mol. The van der Waals surface area contributed by atoms with Crippen molar-refractivity contribution in [3.8, 4) is 0 Å². The molecule has 1 unspecified atom stereocenters. The fraction of sp³-hybridized carbons (Fsp3) is 1.00. The van der Waals surface area contributed by atoms with E-state index in [0.717, 1.165) is 12.8 Å². The monoisotopic (exact) mass is 344 g/mol. The molecule has 0 aliphatic heterocycles. The van der Waals surface area contributed by atoms with Gasteiger partial charge in [0.25, 0.3) is 0 Å². The summed E-state index contributed by atoms with van der Waals surface area (Å²) in [6.45, 7) is 1.95. The SMILES string of the molecule is CCCCCC(I)CC(F)(F)C(F)(F)F. The lowest BCUT2D eigenvalue weighted by Gasteiger charge is -2.22. The van der Waals surface area contributed by atoms with Gasteiger partial charge in [-0.3, -0.25) is 0 Å². The highest BCUT2D eigenvalue weighted by Crippen LogP contribution is 2.40. The van der Waals surface area contributed by atoms with Crippen molar-refractivity contribution >= 4 is 22.6 Å². The third kappa shape index (κ3) is 5.87. The molecule has 6 heteroatoms. The van der Waals surface area contributed by atoms with E-state index in [9.17, 15) is 22.0 Å². The fourth-order valence-electron chi connectivity index (χ4n) is 1.11. The normalized spacial score (nSPS) is 15.4. The van der Waals surface area contributed by atoms with Crippen LogP contribution in [0.4, 0.5) is 22.0 Å². The Kier molecular flexibility index (Phi) is 6.36. The highest BCUT2D eigenvalue weighted by Gasteiger charge is 2.57. The maximum atomic E-state index is 12.6. The molecule has 1 atom stereocenters. The van der Waals surface area contributed by atoms with E-state index in [1.165, 1.54) is 0 Å². The van der Waals surface area contributed by atoms with Gasteiger partial charge in [0.2, 0.25) is 0 Å². The number of hydrogen-bond acceptors (Lipinski definition) is 0. The second-order valence-corrected chi connectivity index (χ2v) is 5.26. The molecular formula is C9H14F5I. The molecule has 0 bridgehead atoms. The standard InChI is InChI=1S/C9H14F5I/c1-2-3-4-5-7(15)6-8(10,11)9(12,13)14/h7H,2-6H2,1H3. The second-order valence-electron chi connectivity index (χ2n) is 3.50. The molecule has 92 valence electrons. The van der Waals surface area contributed by atoms with Gasteiger partial charge in [-0.2, -0.15) is 22.0 Å². The van der Waals surface area contributed by atoms with Gasteiger partial charge in [0.15, 0.2) is 0 Å². The van der Waals surface area contributed by atoms with Gasteiger partial charge in [0.05, 0.1) is 0 Å². The van der Waals surface area contributed by atoms with Gasteiger partial charge in [-0.25, -0.2) is 0 Å². The minimum Gasteiger partial charge on any atom is -0.196 e. The zero-order valence-electron chi connectivity index (χ0n) is 8.38. The summed E-state index contributed by atoms with van der Waals surface area (Å²) in [7, 11) is 0. The van der Waals surface area contributed by atoms with E-state index in [1.54, 1.807) is 22.6 Å². The Balaban J connectivity index is 3.99. The number of rotatable bonds is 6. The highest BCUT2D eigenvalue weighted by molar-refractivity contribution is 14.1. The minimum atomic E-state index is -5.42. The van der Waals surface area contributed by atoms with Gasteiger partial charge < -0.3 is 0 Å². The summed E-state index contributed by atoms with van der Waals surface area (Å²) in [5, 5.41) is 0. The van der Waals surface area contributed by atoms with E-state index in [0.29, 0.717) is 12.8 Å². The Morgan fingerprint density at radius 2 is 1.60 bits per heavy atom. The molecule has 0 saturated carbocycles. The zero-order valence-corrected chi connectivity index (χ0v) is 10.5. The van der Waals surface area contributed by atoms with Gasteiger partial charge in [-0.15, -0.1) is 0 Å². The van der Waals surface area contributed by atoms with Crippen LogP contribution in [0.3, 0.4) is 0 Å². The van der Waals surface area contributed by atoms with Crippen LogP contribution in [0.2, 0.25) is 0 Å². The summed E-state index contributed by atoms with van der Waals surface area (Å²) in [5.74, 6) is -4.55. The summed E-state index contributed by atoms with van der Waals surface area (Å²) < 4.78 is 60.0. The maximum absolute atomic E-state index is 12.6. The smallest absolute Gasteiger partial charge is 0.196 e. The molecule has 0 N–H and O–H groups in total. The predicted molar refractivity (Wildman–Crippen MR) is 57.6 cm³/mol. The molecule has 0 saturated heterocycles. The van der Waals surface area contributed by atoms with Crippen molar-refractivity contribution in [1.82, 2.24) is 0 Å². The Hall–Kier alpha value is 0.380. The zero-order chi connectivity index (χ0) is 12.1. The van der Waals surface area contributed by atoms with E-state index in [4.69, 9.17) is 0 Å². The maximum Gasteiger partial charge on any atom is 0.453 e. The Labute approximate surface area is 99.7 Å². The quantitative estimate of drug-likeness (QED) is 0.277. The van der Waals surface area contributed by atoms with Gasteiger partial charge >= 0.3 is 12.1 Å². The molecule has 0 aliphatic rings. The summed E-state index contributed by atoms with van der Waals surface area (Å²) >= 11 is 1.67. The van der Waals surface area contributed by atoms with Crippen molar-refractivity contribution in [2.24, 2.45) is 0 Å². The molecule has 0 aromatic rings. The van der Waals surface area contributed by atoms with Crippen molar-refractivity contribution in [3.05, 3.63) is 0 Å². The first kappa shape index (κ1) is 15.4. The van der Waals surface area contributed by atoms with Gasteiger partial charge in [-0.1, -0.05) is 48.8 Å². The first-order valence-electron chi connectivity index (χ1n) is 4.79. The highest BCUT2D eigenvalue weighted by atomic mass is 127. The van der Waals surface area contributed by atoms with E-state index in [1.807, 2.05) is 6.92 Å². The number of halogens is 6. The first-order valence-corrected chi connectivity index (χ1v) is 6.04. The molecule has 0 aromatic heterocycles. The van der Waals surface area contributed by atoms with Crippen LogP contribution in [-0.4, -0.2) is 16.0 Å². The average Bonchev–Trinajstić information content (AvgIpc) is 2.01. The molecule has 0 aromatic carbocycles. The lowest BCUT2D eigenvalue weighted by Crippen LogP contribution is -2.38. The Morgan fingerprint density at radius 1 is 1.07 bits per heavy atom. The summed E-state index contributed by atoms with van der Waals surface area (Å²) in [4.78, 5) is 0. The molecule has 0 amide bonds. The van der Waals surface area contributed by atoms with E-state index < -0.39 is 22.4 Å². The van der Waals surface area contributed by atoms with Crippen LogP contribution in [0, 0.1) is 0 Å². The van der Waals surface area contributed by atoms with E-state index >= 15 is 0 Å². The molecule has 0 rings (SSSR count). The van der Waals surface area contributed by atoms with Crippen LogP contribution in [0.1, 0.15) is 39.0 Å². The molecular weight excluding hydrogens is 330 g/mol. The van der Waals surface area contributed by atoms with Crippen molar-refractivity contribution in [2.75, 3.05) is 0 Å². The van der Waals surface area contributed by atoms with Gasteiger partial charge in [-0.05, 0) is 6.42 Å². The summed E-state index contributed by atoms with van der Waals surface area (Å²) in [6, 6.07) is 0. The first-order chi connectivity index (χ1) is 6.70. The second kappa shape index (κ2) is 6.20. The third-order valence-electron chi connectivity index (χ3n) is 2.01. The van der Waals surface area contributed by atoms with Crippen LogP contribution in [0.25, 0.3) is 0 Å². The van der Waals surface area contributed by atoms with Gasteiger partial charge in [0.1, 0.15) is 0 Å². The third-order valence-corrected chi connectivity index (χ3v) is 3.08. The van der Waals surface area contributed by atoms with E-state index in [2.05, 4.69) is 0 Å². The molecule has 0 aliphatic carbocycles. The summed E-state index contributed by atoms with van der Waals surface area (Å²) in [5.41, 5.74) is 0. The van der Waals surface area contributed by atoms with Crippen LogP contribution < -0.4 is 0 Å². The largest absolute Gasteiger partial charge is 0.453 e. The van der Waals surface area contributed by atoms with Crippen molar-refractivity contribution < 1.29 is 22.0 Å². The molecule has 0 radical (unpaired) electrons.